The summed E-state index contributed by atoms with van der Waals surface area (Å²) in [4.78, 5) is 25.7. The van der Waals surface area contributed by atoms with Gasteiger partial charge in [0, 0.05) is 13.0 Å². The summed E-state index contributed by atoms with van der Waals surface area (Å²) in [5.74, 6) is 1.84. The minimum atomic E-state index is -0.228. The third-order valence-corrected chi connectivity index (χ3v) is 6.83. The Morgan fingerprint density at radius 3 is 2.83 bits per heavy atom. The molecule has 2 bridgehead atoms. The standard InChI is InChI=1S/C21H15FN6O2/c1-27-8-23-18-17(27)19(29)28(9-24-18)7-14-25-20(26-30-14)21-13-6-12(15(21)16(13)21)10-2-4-11(22)5-3-10/h2-5,8-9,13,16H,6-7H2,1H3/t13-,16-,21+/m1/s1. The second-order valence-corrected chi connectivity index (χ2v) is 8.27. The minimum absolute atomic E-state index is 0.0966. The summed E-state index contributed by atoms with van der Waals surface area (Å²) in [7, 11) is 1.76. The molecule has 0 amide bonds. The molecule has 4 aliphatic carbocycles. The monoisotopic (exact) mass is 402 g/mol. The van der Waals surface area contributed by atoms with Crippen molar-refractivity contribution >= 4 is 16.7 Å². The van der Waals surface area contributed by atoms with Crippen molar-refractivity contribution in [2.24, 2.45) is 18.9 Å². The summed E-state index contributed by atoms with van der Waals surface area (Å²) in [6.45, 7) is 0.162. The summed E-state index contributed by atoms with van der Waals surface area (Å²) in [6, 6.07) is 6.66. The summed E-state index contributed by atoms with van der Waals surface area (Å²) in [5.41, 5.74) is 4.28. The van der Waals surface area contributed by atoms with Gasteiger partial charge in [0.2, 0.25) is 5.89 Å². The maximum atomic E-state index is 13.2. The molecule has 9 heteroatoms. The topological polar surface area (TPSA) is 91.6 Å². The van der Waals surface area contributed by atoms with Crippen LogP contribution in [0, 0.1) is 17.7 Å². The van der Waals surface area contributed by atoms with E-state index in [-0.39, 0.29) is 23.3 Å². The van der Waals surface area contributed by atoms with Crippen LogP contribution in [0.25, 0.3) is 16.7 Å². The number of fused-ring (bicyclic) bond motifs is 2. The van der Waals surface area contributed by atoms with Gasteiger partial charge in [0.05, 0.1) is 11.7 Å². The summed E-state index contributed by atoms with van der Waals surface area (Å²) in [6.07, 6.45) is 3.99. The summed E-state index contributed by atoms with van der Waals surface area (Å²) < 4.78 is 21.8. The Morgan fingerprint density at radius 1 is 1.23 bits per heavy atom. The number of hydrogen-bond acceptors (Lipinski definition) is 6. The Hall–Kier alpha value is -3.62. The van der Waals surface area contributed by atoms with Crippen molar-refractivity contribution in [3.63, 3.8) is 0 Å². The van der Waals surface area contributed by atoms with E-state index < -0.39 is 0 Å². The van der Waals surface area contributed by atoms with Gasteiger partial charge in [-0.3, -0.25) is 9.36 Å². The van der Waals surface area contributed by atoms with Crippen LogP contribution in [0.2, 0.25) is 0 Å². The van der Waals surface area contributed by atoms with Gasteiger partial charge in [-0.2, -0.15) is 4.98 Å². The van der Waals surface area contributed by atoms with Crippen LogP contribution in [0.15, 0.2) is 51.8 Å². The highest BCUT2D eigenvalue weighted by Crippen LogP contribution is 2.90. The van der Waals surface area contributed by atoms with Gasteiger partial charge >= 0.3 is 0 Å². The van der Waals surface area contributed by atoms with Crippen LogP contribution < -0.4 is 5.56 Å². The zero-order valence-corrected chi connectivity index (χ0v) is 15.9. The average molecular weight is 402 g/mol. The molecular weight excluding hydrogens is 387 g/mol. The van der Waals surface area contributed by atoms with Crippen molar-refractivity contribution in [1.82, 2.24) is 29.2 Å². The van der Waals surface area contributed by atoms with Crippen LogP contribution in [-0.2, 0) is 19.0 Å². The number of imidazole rings is 1. The molecule has 0 saturated heterocycles. The molecule has 0 spiro atoms. The van der Waals surface area contributed by atoms with Crippen LogP contribution in [-0.4, -0.2) is 29.2 Å². The zero-order chi connectivity index (χ0) is 20.2. The maximum absolute atomic E-state index is 13.2. The fourth-order valence-electron chi connectivity index (χ4n) is 5.35. The van der Waals surface area contributed by atoms with Crippen LogP contribution in [0.3, 0.4) is 0 Å². The van der Waals surface area contributed by atoms with E-state index in [4.69, 9.17) is 4.52 Å². The predicted molar refractivity (Wildman–Crippen MR) is 103 cm³/mol. The smallest absolute Gasteiger partial charge is 0.280 e. The van der Waals surface area contributed by atoms with E-state index in [0.717, 1.165) is 12.0 Å². The molecule has 1 aromatic carbocycles. The Balaban J connectivity index is 1.20. The number of nitrogens with zero attached hydrogens (tertiary/aromatic N) is 6. The minimum Gasteiger partial charge on any atom is -0.337 e. The highest BCUT2D eigenvalue weighted by molar-refractivity contribution is 5.89. The molecule has 0 radical (unpaired) electrons. The van der Waals surface area contributed by atoms with E-state index >= 15 is 0 Å². The predicted octanol–water partition coefficient (Wildman–Crippen LogP) is 2.06. The Bertz CT molecular complexity index is 1460. The first-order valence-electron chi connectivity index (χ1n) is 9.78. The molecule has 0 N–H and O–H groups in total. The van der Waals surface area contributed by atoms with Gasteiger partial charge < -0.3 is 9.09 Å². The molecule has 4 aromatic rings. The van der Waals surface area contributed by atoms with Gasteiger partial charge in [-0.1, -0.05) is 17.3 Å². The van der Waals surface area contributed by atoms with E-state index in [1.807, 2.05) is 12.1 Å². The van der Waals surface area contributed by atoms with E-state index in [0.29, 0.717) is 34.7 Å². The highest BCUT2D eigenvalue weighted by Gasteiger charge is 2.89. The molecular formula is C21H15FN6O2. The van der Waals surface area contributed by atoms with Gasteiger partial charge in [0.1, 0.15) is 18.7 Å². The molecule has 8 nitrogen and oxygen atoms in total. The maximum Gasteiger partial charge on any atom is 0.280 e. The van der Waals surface area contributed by atoms with E-state index in [2.05, 4.69) is 20.1 Å². The molecule has 2 fully saturated rings. The van der Waals surface area contributed by atoms with E-state index in [1.165, 1.54) is 34.2 Å². The Kier molecular flexibility index (Phi) is 2.76. The molecule has 3 atom stereocenters. The quantitative estimate of drug-likeness (QED) is 0.519. The fourth-order valence-corrected chi connectivity index (χ4v) is 5.35. The lowest BCUT2D eigenvalue weighted by Gasteiger charge is -2.02. The number of aryl methyl sites for hydroxylation is 1. The fraction of sp³-hybridized carbons (Fsp3) is 0.286. The van der Waals surface area contributed by atoms with Gasteiger partial charge in [-0.25, -0.2) is 14.4 Å². The summed E-state index contributed by atoms with van der Waals surface area (Å²) in [5, 5.41) is 4.24. The molecule has 30 heavy (non-hydrogen) atoms. The first-order chi connectivity index (χ1) is 14.6. The SMILES string of the molecule is Cn1cnc2ncn(Cc3nc([C@]45C6=C(c7ccc(F)cc7)C[C@@H]4[C@H]65)no3)c(=O)c21. The molecule has 3 heterocycles. The first-order valence-corrected chi connectivity index (χ1v) is 9.78. The molecule has 0 unspecified atom stereocenters. The van der Waals surface area contributed by atoms with E-state index in [1.54, 1.807) is 17.9 Å². The van der Waals surface area contributed by atoms with Gasteiger partial charge in [0.15, 0.2) is 17.0 Å². The average Bonchev–Trinajstić information content (AvgIpc) is 3.21. The first kappa shape index (κ1) is 16.2. The van der Waals surface area contributed by atoms with Crippen molar-refractivity contribution in [3.8, 4) is 0 Å². The molecule has 0 aliphatic heterocycles. The summed E-state index contributed by atoms with van der Waals surface area (Å²) >= 11 is 0. The van der Waals surface area contributed by atoms with Gasteiger partial charge in [0.25, 0.3) is 5.56 Å². The van der Waals surface area contributed by atoms with Crippen molar-refractivity contribution in [2.75, 3.05) is 0 Å². The molecule has 2 saturated carbocycles. The van der Waals surface area contributed by atoms with Gasteiger partial charge in [-0.15, -0.1) is 0 Å². The lowest BCUT2D eigenvalue weighted by Crippen LogP contribution is -2.22. The van der Waals surface area contributed by atoms with Crippen molar-refractivity contribution in [2.45, 2.75) is 18.4 Å². The molecule has 4 aliphatic rings. The normalized spacial score (nSPS) is 25.8. The number of aromatic nitrogens is 6. The third kappa shape index (κ3) is 1.83. The second-order valence-electron chi connectivity index (χ2n) is 8.27. The number of hydrogen-bond donors (Lipinski definition) is 0. The number of benzene rings is 1. The Labute approximate surface area is 168 Å². The highest BCUT2D eigenvalue weighted by atomic mass is 19.1. The second kappa shape index (κ2) is 5.10. The number of rotatable bonds is 4. The van der Waals surface area contributed by atoms with Crippen LogP contribution >= 0.6 is 0 Å². The van der Waals surface area contributed by atoms with Crippen molar-refractivity contribution < 1.29 is 8.91 Å². The zero-order valence-electron chi connectivity index (χ0n) is 15.9. The number of allylic oxidation sites excluding steroid dienone is 2. The van der Waals surface area contributed by atoms with Crippen LogP contribution in [0.5, 0.6) is 0 Å². The largest absolute Gasteiger partial charge is 0.337 e. The van der Waals surface area contributed by atoms with Crippen LogP contribution in [0.4, 0.5) is 4.39 Å². The molecule has 148 valence electrons. The van der Waals surface area contributed by atoms with Crippen LogP contribution in [0.1, 0.15) is 23.7 Å². The molecule has 3 aromatic heterocycles. The molecule has 8 rings (SSSR count). The lowest BCUT2D eigenvalue weighted by atomic mass is 10.1. The number of halogens is 1. The van der Waals surface area contributed by atoms with Gasteiger partial charge in [-0.05, 0) is 41.2 Å². The van der Waals surface area contributed by atoms with Crippen molar-refractivity contribution in [3.05, 3.63) is 75.9 Å². The lowest BCUT2D eigenvalue weighted by molar-refractivity contribution is 0.363. The third-order valence-electron chi connectivity index (χ3n) is 6.83. The van der Waals surface area contributed by atoms with E-state index in [9.17, 15) is 9.18 Å². The Morgan fingerprint density at radius 2 is 2.03 bits per heavy atom. The van der Waals surface area contributed by atoms with Crippen molar-refractivity contribution in [1.29, 1.82) is 0 Å².